The monoisotopic (exact) mass is 260 g/mol. The molecule has 3 nitrogen and oxygen atoms in total. The third kappa shape index (κ3) is 3.98. The van der Waals surface area contributed by atoms with E-state index in [1.54, 1.807) is 0 Å². The fraction of sp³-hybridized carbons (Fsp3) is 0.562. The standard InChI is InChI=1S/C16H24N2O/c1-3-13-8-4-5-10-15(13)18-16(19)17-14-9-6-7-12(2)11-14/h4-5,8,10,12,14H,3,6-7,9,11H2,1-2H3,(H2,17,18,19)/t12-,14+/m0/s1. The van der Waals surface area contributed by atoms with Gasteiger partial charge in [0.15, 0.2) is 0 Å². The molecule has 104 valence electrons. The number of benzene rings is 1. The van der Waals surface area contributed by atoms with Gasteiger partial charge in [-0.1, -0.05) is 44.9 Å². The highest BCUT2D eigenvalue weighted by Crippen LogP contribution is 2.23. The summed E-state index contributed by atoms with van der Waals surface area (Å²) in [5.74, 6) is 0.724. The van der Waals surface area contributed by atoms with E-state index in [-0.39, 0.29) is 6.03 Å². The van der Waals surface area contributed by atoms with Crippen molar-refractivity contribution in [1.82, 2.24) is 5.32 Å². The Morgan fingerprint density at radius 3 is 2.84 bits per heavy atom. The van der Waals surface area contributed by atoms with Gasteiger partial charge in [-0.2, -0.15) is 0 Å². The summed E-state index contributed by atoms with van der Waals surface area (Å²) in [5.41, 5.74) is 2.10. The quantitative estimate of drug-likeness (QED) is 0.849. The summed E-state index contributed by atoms with van der Waals surface area (Å²) in [6.07, 6.45) is 5.64. The number of urea groups is 1. The fourth-order valence-corrected chi connectivity index (χ4v) is 2.86. The predicted octanol–water partition coefficient (Wildman–Crippen LogP) is 3.95. The molecule has 2 atom stereocenters. The van der Waals surface area contributed by atoms with E-state index >= 15 is 0 Å². The van der Waals surface area contributed by atoms with E-state index in [0.29, 0.717) is 6.04 Å². The molecule has 3 heteroatoms. The van der Waals surface area contributed by atoms with E-state index in [2.05, 4.69) is 30.5 Å². The van der Waals surface area contributed by atoms with E-state index in [0.717, 1.165) is 30.9 Å². The number of carbonyl (C=O) groups excluding carboxylic acids is 1. The molecule has 0 aliphatic heterocycles. The normalized spacial score (nSPS) is 22.8. The minimum Gasteiger partial charge on any atom is -0.335 e. The molecule has 0 radical (unpaired) electrons. The number of aryl methyl sites for hydroxylation is 1. The van der Waals surface area contributed by atoms with Gasteiger partial charge in [0.2, 0.25) is 0 Å². The van der Waals surface area contributed by atoms with Crippen molar-refractivity contribution in [3.8, 4) is 0 Å². The highest BCUT2D eigenvalue weighted by Gasteiger charge is 2.20. The molecule has 0 saturated heterocycles. The first-order valence-electron chi connectivity index (χ1n) is 7.34. The number of anilines is 1. The third-order valence-electron chi connectivity index (χ3n) is 3.92. The summed E-state index contributed by atoms with van der Waals surface area (Å²) in [7, 11) is 0. The van der Waals surface area contributed by atoms with Crippen LogP contribution < -0.4 is 10.6 Å². The number of hydrogen-bond acceptors (Lipinski definition) is 1. The molecule has 1 saturated carbocycles. The minimum atomic E-state index is -0.0694. The largest absolute Gasteiger partial charge is 0.335 e. The van der Waals surface area contributed by atoms with Gasteiger partial charge in [-0.3, -0.25) is 0 Å². The van der Waals surface area contributed by atoms with E-state index in [9.17, 15) is 4.79 Å². The second-order valence-corrected chi connectivity index (χ2v) is 5.58. The molecule has 0 unspecified atom stereocenters. The van der Waals surface area contributed by atoms with Gasteiger partial charge in [0, 0.05) is 11.7 Å². The number of carbonyl (C=O) groups is 1. The lowest BCUT2D eigenvalue weighted by Gasteiger charge is -2.27. The van der Waals surface area contributed by atoms with Crippen molar-refractivity contribution in [2.75, 3.05) is 5.32 Å². The molecule has 2 N–H and O–H groups in total. The van der Waals surface area contributed by atoms with Crippen LogP contribution in [0.5, 0.6) is 0 Å². The Hall–Kier alpha value is -1.51. The van der Waals surface area contributed by atoms with Gasteiger partial charge in [-0.15, -0.1) is 0 Å². The average Bonchev–Trinajstić information content (AvgIpc) is 2.39. The van der Waals surface area contributed by atoms with Crippen molar-refractivity contribution >= 4 is 11.7 Å². The Labute approximate surface area is 115 Å². The van der Waals surface area contributed by atoms with Crippen LogP contribution in [0.25, 0.3) is 0 Å². The zero-order valence-corrected chi connectivity index (χ0v) is 11.9. The number of para-hydroxylation sites is 1. The van der Waals surface area contributed by atoms with Crippen LogP contribution in [0.2, 0.25) is 0 Å². The molecule has 1 aromatic carbocycles. The number of hydrogen-bond donors (Lipinski definition) is 2. The Balaban J connectivity index is 1.90. The zero-order valence-electron chi connectivity index (χ0n) is 11.9. The van der Waals surface area contributed by atoms with Gasteiger partial charge in [-0.05, 0) is 36.8 Å². The average molecular weight is 260 g/mol. The van der Waals surface area contributed by atoms with Crippen LogP contribution in [0.3, 0.4) is 0 Å². The molecule has 19 heavy (non-hydrogen) atoms. The van der Waals surface area contributed by atoms with Crippen LogP contribution in [0.15, 0.2) is 24.3 Å². The summed E-state index contributed by atoms with van der Waals surface area (Å²) >= 11 is 0. The van der Waals surface area contributed by atoms with Gasteiger partial charge < -0.3 is 10.6 Å². The van der Waals surface area contributed by atoms with E-state index in [4.69, 9.17) is 0 Å². The van der Waals surface area contributed by atoms with Gasteiger partial charge in [0.25, 0.3) is 0 Å². The molecule has 1 aromatic rings. The smallest absolute Gasteiger partial charge is 0.319 e. The van der Waals surface area contributed by atoms with Gasteiger partial charge in [-0.25, -0.2) is 4.79 Å². The summed E-state index contributed by atoms with van der Waals surface area (Å²) in [5, 5.41) is 6.07. The zero-order chi connectivity index (χ0) is 13.7. The van der Waals surface area contributed by atoms with Gasteiger partial charge in [0.1, 0.15) is 0 Å². The lowest BCUT2D eigenvalue weighted by Crippen LogP contribution is -2.40. The van der Waals surface area contributed by atoms with Crippen LogP contribution in [0, 0.1) is 5.92 Å². The first-order valence-corrected chi connectivity index (χ1v) is 7.34. The summed E-state index contributed by atoms with van der Waals surface area (Å²) in [4.78, 5) is 12.0. The summed E-state index contributed by atoms with van der Waals surface area (Å²) in [6.45, 7) is 4.36. The molecule has 0 bridgehead atoms. The van der Waals surface area contributed by atoms with Crippen molar-refractivity contribution in [2.45, 2.75) is 52.0 Å². The van der Waals surface area contributed by atoms with Crippen LogP contribution in [-0.4, -0.2) is 12.1 Å². The van der Waals surface area contributed by atoms with Crippen molar-refractivity contribution < 1.29 is 4.79 Å². The second-order valence-electron chi connectivity index (χ2n) is 5.58. The Morgan fingerprint density at radius 1 is 1.32 bits per heavy atom. The third-order valence-corrected chi connectivity index (χ3v) is 3.92. The highest BCUT2D eigenvalue weighted by atomic mass is 16.2. The number of nitrogens with one attached hydrogen (secondary N) is 2. The first-order chi connectivity index (χ1) is 9.19. The van der Waals surface area contributed by atoms with Crippen molar-refractivity contribution in [2.24, 2.45) is 5.92 Å². The van der Waals surface area contributed by atoms with Gasteiger partial charge in [0.05, 0.1) is 0 Å². The lowest BCUT2D eigenvalue weighted by atomic mass is 9.87. The molecule has 2 amide bonds. The van der Waals surface area contributed by atoms with Crippen LogP contribution >= 0.6 is 0 Å². The highest BCUT2D eigenvalue weighted by molar-refractivity contribution is 5.90. The van der Waals surface area contributed by atoms with E-state index in [1.807, 2.05) is 18.2 Å². The Bertz CT molecular complexity index is 431. The Kier molecular flexibility index (Phi) is 4.83. The summed E-state index contributed by atoms with van der Waals surface area (Å²) < 4.78 is 0. The van der Waals surface area contributed by atoms with Gasteiger partial charge >= 0.3 is 6.03 Å². The maximum absolute atomic E-state index is 12.0. The predicted molar refractivity (Wildman–Crippen MR) is 79.4 cm³/mol. The molecule has 1 aliphatic rings. The van der Waals surface area contributed by atoms with Crippen molar-refractivity contribution in [3.05, 3.63) is 29.8 Å². The number of rotatable bonds is 3. The first kappa shape index (κ1) is 13.9. The van der Waals surface area contributed by atoms with E-state index < -0.39 is 0 Å². The van der Waals surface area contributed by atoms with Crippen LogP contribution in [0.4, 0.5) is 10.5 Å². The molecular weight excluding hydrogens is 236 g/mol. The summed E-state index contributed by atoms with van der Waals surface area (Å²) in [6, 6.07) is 8.24. The number of amides is 2. The minimum absolute atomic E-state index is 0.0694. The molecule has 0 spiro atoms. The molecule has 2 rings (SSSR count). The fourth-order valence-electron chi connectivity index (χ4n) is 2.86. The molecule has 1 aliphatic carbocycles. The molecule has 1 fully saturated rings. The molecule has 0 aromatic heterocycles. The maximum atomic E-state index is 12.0. The lowest BCUT2D eigenvalue weighted by molar-refractivity contribution is 0.238. The SMILES string of the molecule is CCc1ccccc1NC(=O)N[C@@H]1CCC[C@H](C)C1. The van der Waals surface area contributed by atoms with E-state index in [1.165, 1.54) is 18.4 Å². The van der Waals surface area contributed by atoms with Crippen LogP contribution in [0.1, 0.15) is 45.1 Å². The van der Waals surface area contributed by atoms with Crippen molar-refractivity contribution in [3.63, 3.8) is 0 Å². The Morgan fingerprint density at radius 2 is 2.11 bits per heavy atom. The molecule has 0 heterocycles. The van der Waals surface area contributed by atoms with Crippen molar-refractivity contribution in [1.29, 1.82) is 0 Å². The molecular formula is C16H24N2O. The topological polar surface area (TPSA) is 41.1 Å². The van der Waals surface area contributed by atoms with Crippen LogP contribution in [-0.2, 0) is 6.42 Å². The maximum Gasteiger partial charge on any atom is 0.319 e. The second kappa shape index (κ2) is 6.60.